The number of halogens is 1. The molecule has 2 N–H and O–H groups in total. The predicted octanol–water partition coefficient (Wildman–Crippen LogP) is 2.52. The van der Waals surface area contributed by atoms with Gasteiger partial charge in [0, 0.05) is 22.8 Å². The van der Waals surface area contributed by atoms with Gasteiger partial charge in [0.1, 0.15) is 0 Å². The maximum absolute atomic E-state index is 11.5. The molecule has 1 rings (SSSR count). The van der Waals surface area contributed by atoms with E-state index in [4.69, 9.17) is 4.84 Å². The van der Waals surface area contributed by atoms with Gasteiger partial charge >= 0.3 is 0 Å². The molecule has 1 amide bonds. The normalized spacial score (nSPS) is 22.7. The molecule has 0 unspecified atom stereocenters. The smallest absolute Gasteiger partial charge is 0.243 e. The lowest BCUT2D eigenvalue weighted by molar-refractivity contribution is -0.143. The second-order valence-electron chi connectivity index (χ2n) is 6.36. The van der Waals surface area contributed by atoms with Crippen LogP contribution in [0.3, 0.4) is 0 Å². The number of hydrogen-bond donors (Lipinski definition) is 2. The van der Waals surface area contributed by atoms with Crippen LogP contribution < -0.4 is 10.8 Å². The van der Waals surface area contributed by atoms with Gasteiger partial charge in [0.25, 0.3) is 0 Å². The predicted molar refractivity (Wildman–Crippen MR) is 76.6 cm³/mol. The Hall–Kier alpha value is -0.130. The molecule has 1 aliphatic rings. The number of carbonyl (C=O) groups excluding carboxylic acids is 1. The fraction of sp³-hybridized carbons (Fsp3) is 0.923. The Kier molecular flexibility index (Phi) is 5.62. The van der Waals surface area contributed by atoms with Gasteiger partial charge in [-0.15, -0.1) is 0 Å². The van der Waals surface area contributed by atoms with E-state index in [1.807, 2.05) is 0 Å². The molecule has 0 aromatic rings. The molecule has 1 heterocycles. The van der Waals surface area contributed by atoms with Gasteiger partial charge in [-0.1, -0.05) is 15.9 Å². The number of hydrogen-bond acceptors (Lipinski definition) is 3. The number of carbonyl (C=O) groups is 1. The Balaban J connectivity index is 2.40. The van der Waals surface area contributed by atoms with Gasteiger partial charge in [-0.3, -0.25) is 9.63 Å². The average molecular weight is 321 g/mol. The molecular formula is C13H25BrN2O2. The Labute approximate surface area is 118 Å². The van der Waals surface area contributed by atoms with Gasteiger partial charge in [0.05, 0.1) is 6.10 Å². The highest BCUT2D eigenvalue weighted by molar-refractivity contribution is 9.09. The summed E-state index contributed by atoms with van der Waals surface area (Å²) in [5.74, 6) is -0.0383. The highest BCUT2D eigenvalue weighted by Gasteiger charge is 2.38. The van der Waals surface area contributed by atoms with Crippen molar-refractivity contribution in [3.8, 4) is 0 Å². The summed E-state index contributed by atoms with van der Waals surface area (Å²) in [5.41, 5.74) is 2.64. The maximum Gasteiger partial charge on any atom is 0.243 e. The average Bonchev–Trinajstić information content (AvgIpc) is 2.19. The zero-order valence-electron chi connectivity index (χ0n) is 11.8. The van der Waals surface area contributed by atoms with Crippen molar-refractivity contribution in [2.45, 2.75) is 70.6 Å². The lowest BCUT2D eigenvalue weighted by Crippen LogP contribution is -2.60. The first-order valence-electron chi connectivity index (χ1n) is 6.54. The number of amides is 1. The van der Waals surface area contributed by atoms with Crippen molar-refractivity contribution in [2.75, 3.05) is 5.33 Å². The standard InChI is InChI=1S/C13H25BrN2O2/c1-12(2)8-10(9-13(3,4)16-12)18-15-11(17)6-5-7-14/h10,16H,5-9H2,1-4H3,(H,15,17). The molecule has 0 radical (unpaired) electrons. The second-order valence-corrected chi connectivity index (χ2v) is 7.15. The van der Waals surface area contributed by atoms with Crippen LogP contribution >= 0.6 is 15.9 Å². The molecule has 1 aliphatic heterocycles. The van der Waals surface area contributed by atoms with E-state index in [1.165, 1.54) is 0 Å². The maximum atomic E-state index is 11.5. The van der Waals surface area contributed by atoms with E-state index < -0.39 is 0 Å². The summed E-state index contributed by atoms with van der Waals surface area (Å²) >= 11 is 3.31. The lowest BCUT2D eigenvalue weighted by Gasteiger charge is -2.45. The summed E-state index contributed by atoms with van der Waals surface area (Å²) < 4.78 is 0. The van der Waals surface area contributed by atoms with Crippen LogP contribution in [-0.4, -0.2) is 28.4 Å². The number of piperidine rings is 1. The van der Waals surface area contributed by atoms with E-state index in [1.54, 1.807) is 0 Å². The number of alkyl halides is 1. The summed E-state index contributed by atoms with van der Waals surface area (Å²) in [4.78, 5) is 17.1. The highest BCUT2D eigenvalue weighted by Crippen LogP contribution is 2.29. The van der Waals surface area contributed by atoms with Crippen LogP contribution in [0.4, 0.5) is 0 Å². The molecule has 1 fully saturated rings. The quantitative estimate of drug-likeness (QED) is 0.604. The Morgan fingerprint density at radius 2 is 1.89 bits per heavy atom. The van der Waals surface area contributed by atoms with Crippen molar-refractivity contribution < 1.29 is 9.63 Å². The first-order valence-corrected chi connectivity index (χ1v) is 7.66. The molecule has 0 saturated carbocycles. The van der Waals surface area contributed by atoms with E-state index >= 15 is 0 Å². The van der Waals surface area contributed by atoms with E-state index in [-0.39, 0.29) is 23.1 Å². The molecule has 4 nitrogen and oxygen atoms in total. The van der Waals surface area contributed by atoms with Crippen molar-refractivity contribution in [3.05, 3.63) is 0 Å². The van der Waals surface area contributed by atoms with Crippen molar-refractivity contribution in [2.24, 2.45) is 0 Å². The third-order valence-corrected chi connectivity index (χ3v) is 3.59. The molecule has 18 heavy (non-hydrogen) atoms. The molecule has 5 heteroatoms. The first-order chi connectivity index (χ1) is 8.24. The first kappa shape index (κ1) is 15.9. The summed E-state index contributed by atoms with van der Waals surface area (Å²) in [6, 6.07) is 0. The van der Waals surface area contributed by atoms with Crippen LogP contribution in [-0.2, 0) is 9.63 Å². The highest BCUT2D eigenvalue weighted by atomic mass is 79.9. The summed E-state index contributed by atoms with van der Waals surface area (Å²) in [6.45, 7) is 8.65. The minimum absolute atomic E-state index is 0.0347. The Morgan fingerprint density at radius 1 is 1.33 bits per heavy atom. The fourth-order valence-corrected chi connectivity index (χ4v) is 3.02. The monoisotopic (exact) mass is 320 g/mol. The van der Waals surface area contributed by atoms with E-state index in [0.717, 1.165) is 24.6 Å². The molecule has 0 aliphatic carbocycles. The van der Waals surface area contributed by atoms with Crippen LogP contribution in [0, 0.1) is 0 Å². The van der Waals surface area contributed by atoms with Crippen LogP contribution in [0.15, 0.2) is 0 Å². The minimum Gasteiger partial charge on any atom is -0.307 e. The van der Waals surface area contributed by atoms with E-state index in [9.17, 15) is 4.79 Å². The van der Waals surface area contributed by atoms with Gasteiger partial charge in [0.2, 0.25) is 5.91 Å². The van der Waals surface area contributed by atoms with Gasteiger partial charge in [0.15, 0.2) is 0 Å². The van der Waals surface area contributed by atoms with Crippen LogP contribution in [0.1, 0.15) is 53.4 Å². The van der Waals surface area contributed by atoms with Gasteiger partial charge in [-0.25, -0.2) is 5.48 Å². The molecule has 0 spiro atoms. The number of nitrogens with one attached hydrogen (secondary N) is 2. The van der Waals surface area contributed by atoms with Crippen molar-refractivity contribution in [1.29, 1.82) is 0 Å². The summed E-state index contributed by atoms with van der Waals surface area (Å²) in [5, 5.41) is 4.43. The van der Waals surface area contributed by atoms with Crippen molar-refractivity contribution >= 4 is 21.8 Å². The third kappa shape index (κ3) is 5.67. The van der Waals surface area contributed by atoms with Crippen molar-refractivity contribution in [3.63, 3.8) is 0 Å². The van der Waals surface area contributed by atoms with Crippen LogP contribution in [0.2, 0.25) is 0 Å². The SMILES string of the molecule is CC1(C)CC(ONC(=O)CCCBr)CC(C)(C)N1. The van der Waals surface area contributed by atoms with Gasteiger partial charge < -0.3 is 5.32 Å². The molecule has 0 atom stereocenters. The third-order valence-electron chi connectivity index (χ3n) is 3.03. The fourth-order valence-electron chi connectivity index (χ4n) is 2.74. The van der Waals surface area contributed by atoms with Gasteiger partial charge in [-0.2, -0.15) is 0 Å². The Bertz CT molecular complexity index is 277. The summed E-state index contributed by atoms with van der Waals surface area (Å²) in [6.07, 6.45) is 3.20. The lowest BCUT2D eigenvalue weighted by atomic mass is 9.81. The van der Waals surface area contributed by atoms with Gasteiger partial charge in [-0.05, 0) is 47.0 Å². The molecular weight excluding hydrogens is 296 g/mol. The molecule has 1 saturated heterocycles. The second kappa shape index (κ2) is 6.35. The molecule has 0 aromatic carbocycles. The van der Waals surface area contributed by atoms with Crippen molar-refractivity contribution in [1.82, 2.24) is 10.8 Å². The summed E-state index contributed by atoms with van der Waals surface area (Å²) in [7, 11) is 0. The topological polar surface area (TPSA) is 50.4 Å². The molecule has 106 valence electrons. The Morgan fingerprint density at radius 3 is 2.39 bits per heavy atom. The van der Waals surface area contributed by atoms with E-state index in [0.29, 0.717) is 6.42 Å². The zero-order chi connectivity index (χ0) is 13.8. The number of hydroxylamine groups is 1. The van der Waals surface area contributed by atoms with Crippen LogP contribution in [0.25, 0.3) is 0 Å². The van der Waals surface area contributed by atoms with E-state index in [2.05, 4.69) is 54.4 Å². The van der Waals surface area contributed by atoms with Crippen LogP contribution in [0.5, 0.6) is 0 Å². The largest absolute Gasteiger partial charge is 0.307 e. The molecule has 0 bridgehead atoms. The minimum atomic E-state index is -0.0383. The molecule has 0 aromatic heterocycles. The number of rotatable bonds is 5. The zero-order valence-corrected chi connectivity index (χ0v) is 13.4.